The van der Waals surface area contributed by atoms with E-state index in [1.54, 1.807) is 75.1 Å². The molecule has 0 atom stereocenters. The molecular weight excluding hydrogens is 534 g/mol. The molecule has 0 saturated heterocycles. The summed E-state index contributed by atoms with van der Waals surface area (Å²) in [6.07, 6.45) is 3.63. The van der Waals surface area contributed by atoms with Gasteiger partial charge < -0.3 is 24.8 Å². The lowest BCUT2D eigenvalue weighted by Gasteiger charge is -2.24. The summed E-state index contributed by atoms with van der Waals surface area (Å²) in [5, 5.41) is 12.3. The summed E-state index contributed by atoms with van der Waals surface area (Å²) in [4.78, 5) is 44.3. The highest BCUT2D eigenvalue weighted by Gasteiger charge is 2.23. The van der Waals surface area contributed by atoms with Gasteiger partial charge in [0.15, 0.2) is 11.5 Å². The fraction of sp³-hybridized carbons (Fsp3) is 0.212. The molecule has 42 heavy (non-hydrogen) atoms. The molecular formula is C33H33N3O6. The van der Waals surface area contributed by atoms with E-state index in [9.17, 15) is 19.5 Å². The quantitative estimate of drug-likeness (QED) is 0.237. The molecule has 0 aliphatic rings. The van der Waals surface area contributed by atoms with Crippen LogP contribution in [0, 0.1) is 0 Å². The fourth-order valence-electron chi connectivity index (χ4n) is 4.62. The highest BCUT2D eigenvalue weighted by atomic mass is 16.5. The largest absolute Gasteiger partial charge is 0.493 e. The summed E-state index contributed by atoms with van der Waals surface area (Å²) in [5.74, 6) is -0.437. The number of carboxylic acid groups (broad SMARTS) is 1. The number of aromatic nitrogens is 1. The van der Waals surface area contributed by atoms with Gasteiger partial charge >= 0.3 is 5.97 Å². The maximum atomic E-state index is 14.0. The molecule has 0 saturated carbocycles. The summed E-state index contributed by atoms with van der Waals surface area (Å²) in [7, 11) is 3.11. The number of nitrogens with one attached hydrogen (secondary N) is 1. The van der Waals surface area contributed by atoms with Gasteiger partial charge in [-0.1, -0.05) is 48.5 Å². The Kier molecular flexibility index (Phi) is 10.3. The first-order valence-electron chi connectivity index (χ1n) is 13.5. The molecule has 9 nitrogen and oxygen atoms in total. The lowest BCUT2D eigenvalue weighted by molar-refractivity contribution is -0.137. The van der Waals surface area contributed by atoms with E-state index in [0.29, 0.717) is 46.7 Å². The number of carbonyl (C=O) groups is 3. The third-order valence-electron chi connectivity index (χ3n) is 6.80. The highest BCUT2D eigenvalue weighted by Crippen LogP contribution is 2.30. The number of benzene rings is 3. The van der Waals surface area contributed by atoms with Crippen LogP contribution in [-0.4, -0.2) is 60.1 Å². The Morgan fingerprint density at radius 2 is 1.50 bits per heavy atom. The van der Waals surface area contributed by atoms with Crippen LogP contribution in [0.4, 0.5) is 0 Å². The van der Waals surface area contributed by atoms with Gasteiger partial charge in [0.2, 0.25) is 0 Å². The van der Waals surface area contributed by atoms with Crippen molar-refractivity contribution in [1.29, 1.82) is 0 Å². The number of aliphatic carboxylic acids is 1. The number of amides is 2. The molecule has 0 radical (unpaired) electrons. The van der Waals surface area contributed by atoms with Crippen LogP contribution in [0.25, 0.3) is 11.1 Å². The van der Waals surface area contributed by atoms with Gasteiger partial charge in [-0.15, -0.1) is 0 Å². The molecule has 0 spiro atoms. The molecule has 4 aromatic rings. The summed E-state index contributed by atoms with van der Waals surface area (Å²) >= 11 is 0. The smallest absolute Gasteiger partial charge is 0.305 e. The zero-order valence-electron chi connectivity index (χ0n) is 23.6. The Hall–Kier alpha value is -5.18. The molecule has 2 N–H and O–H groups in total. The van der Waals surface area contributed by atoms with E-state index in [0.717, 1.165) is 11.1 Å². The van der Waals surface area contributed by atoms with Gasteiger partial charge in [0.25, 0.3) is 11.8 Å². The van der Waals surface area contributed by atoms with E-state index < -0.39 is 5.97 Å². The summed E-state index contributed by atoms with van der Waals surface area (Å²) in [5.41, 5.74) is 3.75. The van der Waals surface area contributed by atoms with Crippen molar-refractivity contribution in [2.45, 2.75) is 19.4 Å². The van der Waals surface area contributed by atoms with E-state index in [2.05, 4.69) is 10.3 Å². The fourth-order valence-corrected chi connectivity index (χ4v) is 4.62. The van der Waals surface area contributed by atoms with E-state index >= 15 is 0 Å². The molecule has 216 valence electrons. The van der Waals surface area contributed by atoms with Gasteiger partial charge in [-0.05, 0) is 59.0 Å². The molecule has 1 heterocycles. The maximum absolute atomic E-state index is 14.0. The predicted octanol–water partition coefficient (Wildman–Crippen LogP) is 4.86. The number of ether oxygens (including phenoxy) is 2. The number of nitrogens with zero attached hydrogens (tertiary/aromatic N) is 2. The Balaban J connectivity index is 1.60. The Labute approximate surface area is 244 Å². The second-order valence-corrected chi connectivity index (χ2v) is 9.51. The van der Waals surface area contributed by atoms with Crippen LogP contribution in [0.1, 0.15) is 38.3 Å². The van der Waals surface area contributed by atoms with Crippen LogP contribution in [0.3, 0.4) is 0 Å². The van der Waals surface area contributed by atoms with Crippen molar-refractivity contribution in [2.24, 2.45) is 0 Å². The summed E-state index contributed by atoms with van der Waals surface area (Å²) in [6, 6.07) is 23.4. The molecule has 9 heteroatoms. The highest BCUT2D eigenvalue weighted by molar-refractivity contribution is 6.06. The van der Waals surface area contributed by atoms with Crippen molar-refractivity contribution < 1.29 is 29.0 Å². The molecule has 1 aromatic heterocycles. The number of carbonyl (C=O) groups excluding carboxylic acids is 2. The van der Waals surface area contributed by atoms with Gasteiger partial charge in [-0.3, -0.25) is 19.4 Å². The number of hydrogen-bond donors (Lipinski definition) is 2. The monoisotopic (exact) mass is 567 g/mol. The predicted molar refractivity (Wildman–Crippen MR) is 159 cm³/mol. The van der Waals surface area contributed by atoms with Gasteiger partial charge in [0.05, 0.1) is 20.6 Å². The van der Waals surface area contributed by atoms with Gasteiger partial charge in [0, 0.05) is 43.2 Å². The minimum atomic E-state index is -0.997. The molecule has 0 unspecified atom stereocenters. The molecule has 0 fully saturated rings. The number of methoxy groups -OCH3 is 2. The van der Waals surface area contributed by atoms with Crippen LogP contribution >= 0.6 is 0 Å². The van der Waals surface area contributed by atoms with Crippen LogP contribution < -0.4 is 14.8 Å². The third-order valence-corrected chi connectivity index (χ3v) is 6.80. The zero-order chi connectivity index (χ0) is 29.9. The molecule has 2 amide bonds. The van der Waals surface area contributed by atoms with Crippen molar-refractivity contribution >= 4 is 17.8 Å². The first kappa shape index (κ1) is 29.8. The second-order valence-electron chi connectivity index (χ2n) is 9.51. The van der Waals surface area contributed by atoms with Gasteiger partial charge in [-0.25, -0.2) is 0 Å². The lowest BCUT2D eigenvalue weighted by Crippen LogP contribution is -2.35. The molecule has 0 aliphatic carbocycles. The number of hydrogen-bond acceptors (Lipinski definition) is 6. The van der Waals surface area contributed by atoms with Crippen LogP contribution in [0.2, 0.25) is 0 Å². The SMILES string of the molecule is COc1ccc(CCN(CCC(=O)O)C(=O)c2ccccc2-c2ccccc2C(=O)NCc2cccnc2)cc1OC. The Morgan fingerprint density at radius 1 is 0.810 bits per heavy atom. The van der Waals surface area contributed by atoms with Crippen molar-refractivity contribution in [2.75, 3.05) is 27.3 Å². The maximum Gasteiger partial charge on any atom is 0.305 e. The molecule has 3 aromatic carbocycles. The number of carboxylic acids is 1. The van der Waals surface area contributed by atoms with E-state index in [-0.39, 0.29) is 31.3 Å². The lowest BCUT2D eigenvalue weighted by atomic mass is 9.94. The van der Waals surface area contributed by atoms with Crippen molar-refractivity contribution in [3.05, 3.63) is 114 Å². The Bertz CT molecular complexity index is 1540. The summed E-state index contributed by atoms with van der Waals surface area (Å²) < 4.78 is 10.7. The van der Waals surface area contributed by atoms with Gasteiger partial charge in [-0.2, -0.15) is 0 Å². The minimum absolute atomic E-state index is 0.0308. The van der Waals surface area contributed by atoms with E-state index in [4.69, 9.17) is 9.47 Å². The van der Waals surface area contributed by atoms with Crippen molar-refractivity contribution in [3.8, 4) is 22.6 Å². The minimum Gasteiger partial charge on any atom is -0.493 e. The second kappa shape index (κ2) is 14.5. The zero-order valence-corrected chi connectivity index (χ0v) is 23.6. The standard InChI is InChI=1S/C33H33N3O6/c1-41-29-14-13-23(20-30(29)42-2)15-18-36(19-16-31(37)38)33(40)28-12-6-4-10-26(28)25-9-3-5-11-27(25)32(39)35-22-24-8-7-17-34-21-24/h3-14,17,20-21H,15-16,18-19,22H2,1-2H3,(H,35,39)(H,37,38). The van der Waals surface area contributed by atoms with Gasteiger partial charge in [0.1, 0.15) is 0 Å². The topological polar surface area (TPSA) is 118 Å². The third kappa shape index (κ3) is 7.51. The van der Waals surface area contributed by atoms with Crippen molar-refractivity contribution in [3.63, 3.8) is 0 Å². The summed E-state index contributed by atoms with van der Waals surface area (Å²) in [6.45, 7) is 0.618. The van der Waals surface area contributed by atoms with Crippen LogP contribution in [0.15, 0.2) is 91.3 Å². The molecule has 4 rings (SSSR count). The first-order chi connectivity index (χ1) is 20.4. The number of rotatable bonds is 13. The van der Waals surface area contributed by atoms with Crippen LogP contribution in [0.5, 0.6) is 11.5 Å². The van der Waals surface area contributed by atoms with Crippen LogP contribution in [-0.2, 0) is 17.8 Å². The van der Waals surface area contributed by atoms with E-state index in [1.807, 2.05) is 30.3 Å². The van der Waals surface area contributed by atoms with Crippen molar-refractivity contribution in [1.82, 2.24) is 15.2 Å². The molecule has 0 aliphatic heterocycles. The normalized spacial score (nSPS) is 10.5. The number of pyridine rings is 1. The first-order valence-corrected chi connectivity index (χ1v) is 13.5. The Morgan fingerprint density at radius 3 is 2.17 bits per heavy atom. The molecule has 0 bridgehead atoms. The average Bonchev–Trinajstić information content (AvgIpc) is 3.03. The average molecular weight is 568 g/mol. The van der Waals surface area contributed by atoms with E-state index in [1.165, 1.54) is 4.90 Å².